The summed E-state index contributed by atoms with van der Waals surface area (Å²) in [4.78, 5) is 19.7. The van der Waals surface area contributed by atoms with Gasteiger partial charge in [0, 0.05) is 10.0 Å². The van der Waals surface area contributed by atoms with Gasteiger partial charge in [0.2, 0.25) is 0 Å². The van der Waals surface area contributed by atoms with Gasteiger partial charge in [0.1, 0.15) is 11.3 Å². The van der Waals surface area contributed by atoms with E-state index in [1.807, 2.05) is 30.3 Å². The number of fused-ring (bicyclic) bond motifs is 1. The van der Waals surface area contributed by atoms with Gasteiger partial charge in [-0.15, -0.1) is 6.42 Å². The molecule has 0 saturated heterocycles. The van der Waals surface area contributed by atoms with Gasteiger partial charge in [0.25, 0.3) is 0 Å². The van der Waals surface area contributed by atoms with Gasteiger partial charge in [-0.1, -0.05) is 36.3 Å². The summed E-state index contributed by atoms with van der Waals surface area (Å²) < 4.78 is 5.66. The molecule has 2 aromatic carbocycles. The van der Waals surface area contributed by atoms with E-state index in [1.165, 1.54) is 0 Å². The predicted molar refractivity (Wildman–Crippen MR) is 88.3 cm³/mol. The monoisotopic (exact) mass is 354 g/mol. The highest BCUT2D eigenvalue weighted by molar-refractivity contribution is 9.10. The Labute approximate surface area is 135 Å². The van der Waals surface area contributed by atoms with Gasteiger partial charge in [0.05, 0.1) is 11.1 Å². The molecule has 108 valence electrons. The normalized spacial score (nSPS) is 10.4. The molecule has 1 aromatic heterocycles. The zero-order valence-electron chi connectivity index (χ0n) is 11.5. The predicted octanol–water partition coefficient (Wildman–Crippen LogP) is 3.78. The van der Waals surface area contributed by atoms with E-state index in [0.717, 1.165) is 26.9 Å². The molecule has 0 aliphatic heterocycles. The van der Waals surface area contributed by atoms with E-state index in [-0.39, 0.29) is 6.61 Å². The Hall–Kier alpha value is -2.58. The number of nitrogens with one attached hydrogen (secondary N) is 1. The zero-order valence-corrected chi connectivity index (χ0v) is 13.1. The molecule has 0 amide bonds. The highest BCUT2D eigenvalue weighted by Gasteiger charge is 2.14. The van der Waals surface area contributed by atoms with Crippen molar-refractivity contribution in [3.8, 4) is 23.7 Å². The smallest absolute Gasteiger partial charge is 0.339 e. The third-order valence-electron chi connectivity index (χ3n) is 3.11. The molecule has 0 unspecified atom stereocenters. The topological polar surface area (TPSA) is 55.0 Å². The molecule has 5 heteroatoms. The maximum atomic E-state index is 11.9. The fraction of sp³-hybridized carbons (Fsp3) is 0.0588. The van der Waals surface area contributed by atoms with Crippen LogP contribution in [0.3, 0.4) is 0 Å². The number of terminal acetylenes is 1. The van der Waals surface area contributed by atoms with E-state index in [2.05, 4.69) is 31.8 Å². The fourth-order valence-electron chi connectivity index (χ4n) is 2.12. The number of hydrogen-bond acceptors (Lipinski definition) is 3. The SMILES string of the molecule is C#CCOC(=O)c1cc(Br)c2nc(-c3ccccc3)[nH]c2c1. The Balaban J connectivity index is 2.04. The number of esters is 1. The van der Waals surface area contributed by atoms with Crippen LogP contribution in [0, 0.1) is 12.3 Å². The number of H-pyrrole nitrogens is 1. The second-order valence-electron chi connectivity index (χ2n) is 4.59. The number of aromatic amines is 1. The van der Waals surface area contributed by atoms with Crippen molar-refractivity contribution >= 4 is 32.9 Å². The second kappa shape index (κ2) is 6.04. The number of carbonyl (C=O) groups is 1. The number of imidazole rings is 1. The van der Waals surface area contributed by atoms with Gasteiger partial charge in [-0.05, 0) is 28.1 Å². The summed E-state index contributed by atoms with van der Waals surface area (Å²) in [6, 6.07) is 13.2. The van der Waals surface area contributed by atoms with Crippen LogP contribution in [0.15, 0.2) is 46.9 Å². The van der Waals surface area contributed by atoms with Crippen LogP contribution in [-0.4, -0.2) is 22.5 Å². The van der Waals surface area contributed by atoms with Crippen molar-refractivity contribution < 1.29 is 9.53 Å². The van der Waals surface area contributed by atoms with Gasteiger partial charge in [-0.3, -0.25) is 0 Å². The minimum atomic E-state index is -0.462. The lowest BCUT2D eigenvalue weighted by Gasteiger charge is -2.02. The van der Waals surface area contributed by atoms with Crippen molar-refractivity contribution in [3.05, 3.63) is 52.5 Å². The Morgan fingerprint density at radius 2 is 2.09 bits per heavy atom. The fourth-order valence-corrected chi connectivity index (χ4v) is 2.67. The molecule has 0 radical (unpaired) electrons. The molecule has 3 aromatic rings. The van der Waals surface area contributed by atoms with Crippen LogP contribution >= 0.6 is 15.9 Å². The quantitative estimate of drug-likeness (QED) is 0.575. The van der Waals surface area contributed by atoms with Crippen molar-refractivity contribution in [2.45, 2.75) is 0 Å². The Bertz CT molecular complexity index is 879. The molecule has 0 aliphatic rings. The molecule has 3 rings (SSSR count). The summed E-state index contributed by atoms with van der Waals surface area (Å²) in [5, 5.41) is 0. The first-order valence-electron chi connectivity index (χ1n) is 6.54. The summed E-state index contributed by atoms with van der Waals surface area (Å²) in [7, 11) is 0. The van der Waals surface area contributed by atoms with Gasteiger partial charge in [-0.2, -0.15) is 0 Å². The number of rotatable bonds is 3. The number of ether oxygens (including phenoxy) is 1. The highest BCUT2D eigenvalue weighted by Crippen LogP contribution is 2.27. The van der Waals surface area contributed by atoms with Gasteiger partial charge in [0.15, 0.2) is 6.61 Å². The number of aromatic nitrogens is 2. The Morgan fingerprint density at radius 3 is 2.82 bits per heavy atom. The molecule has 0 fully saturated rings. The van der Waals surface area contributed by atoms with Gasteiger partial charge >= 0.3 is 5.97 Å². The first kappa shape index (κ1) is 14.4. The third-order valence-corrected chi connectivity index (χ3v) is 3.71. The minimum absolute atomic E-state index is 0.0489. The first-order valence-corrected chi connectivity index (χ1v) is 7.33. The lowest BCUT2D eigenvalue weighted by atomic mass is 10.2. The summed E-state index contributed by atoms with van der Waals surface area (Å²) in [6.07, 6.45) is 5.09. The first-order chi connectivity index (χ1) is 10.7. The van der Waals surface area contributed by atoms with E-state index in [1.54, 1.807) is 12.1 Å². The second-order valence-corrected chi connectivity index (χ2v) is 5.44. The Morgan fingerprint density at radius 1 is 1.32 bits per heavy atom. The number of hydrogen-bond donors (Lipinski definition) is 1. The molecule has 0 atom stereocenters. The molecule has 4 nitrogen and oxygen atoms in total. The average molecular weight is 355 g/mol. The van der Waals surface area contributed by atoms with Crippen molar-refractivity contribution in [2.75, 3.05) is 6.61 Å². The van der Waals surface area contributed by atoms with Crippen molar-refractivity contribution in [1.29, 1.82) is 0 Å². The standard InChI is InChI=1S/C17H11BrN2O2/c1-2-8-22-17(21)12-9-13(18)15-14(10-12)19-16(20-15)11-6-4-3-5-7-11/h1,3-7,9-10H,8H2,(H,19,20). The lowest BCUT2D eigenvalue weighted by molar-refractivity contribution is 0.0557. The van der Waals surface area contributed by atoms with Gasteiger partial charge in [-0.25, -0.2) is 9.78 Å². The number of carbonyl (C=O) groups excluding carboxylic acids is 1. The van der Waals surface area contributed by atoms with Crippen LogP contribution in [-0.2, 0) is 4.74 Å². The van der Waals surface area contributed by atoms with Gasteiger partial charge < -0.3 is 9.72 Å². The molecule has 0 aliphatic carbocycles. The molecule has 1 heterocycles. The summed E-state index contributed by atoms with van der Waals surface area (Å²) >= 11 is 3.44. The molecule has 22 heavy (non-hydrogen) atoms. The number of benzene rings is 2. The minimum Gasteiger partial charge on any atom is -0.449 e. The third kappa shape index (κ3) is 2.74. The average Bonchev–Trinajstić information content (AvgIpc) is 2.98. The molecular formula is C17H11BrN2O2. The largest absolute Gasteiger partial charge is 0.449 e. The molecule has 0 spiro atoms. The zero-order chi connectivity index (χ0) is 15.5. The van der Waals surface area contributed by atoms with E-state index in [4.69, 9.17) is 11.2 Å². The summed E-state index contributed by atoms with van der Waals surface area (Å²) in [5.41, 5.74) is 2.90. The van der Waals surface area contributed by atoms with Crippen LogP contribution in [0.25, 0.3) is 22.4 Å². The highest BCUT2D eigenvalue weighted by atomic mass is 79.9. The van der Waals surface area contributed by atoms with Crippen LogP contribution in [0.4, 0.5) is 0 Å². The van der Waals surface area contributed by atoms with Crippen molar-refractivity contribution in [1.82, 2.24) is 9.97 Å². The molecular weight excluding hydrogens is 344 g/mol. The van der Waals surface area contributed by atoms with E-state index in [9.17, 15) is 4.79 Å². The maximum Gasteiger partial charge on any atom is 0.339 e. The maximum absolute atomic E-state index is 11.9. The van der Waals surface area contributed by atoms with E-state index >= 15 is 0 Å². The van der Waals surface area contributed by atoms with Crippen molar-refractivity contribution in [3.63, 3.8) is 0 Å². The summed E-state index contributed by atoms with van der Waals surface area (Å²) in [6.45, 7) is -0.0489. The molecule has 0 saturated carbocycles. The van der Waals surface area contributed by atoms with E-state index in [0.29, 0.717) is 5.56 Å². The molecule has 1 N–H and O–H groups in total. The van der Waals surface area contributed by atoms with Crippen LogP contribution in [0.5, 0.6) is 0 Å². The number of nitrogens with zero attached hydrogens (tertiary/aromatic N) is 1. The number of halogens is 1. The van der Waals surface area contributed by atoms with Crippen LogP contribution in [0.1, 0.15) is 10.4 Å². The van der Waals surface area contributed by atoms with Crippen LogP contribution < -0.4 is 0 Å². The van der Waals surface area contributed by atoms with Crippen molar-refractivity contribution in [2.24, 2.45) is 0 Å². The Kier molecular flexibility index (Phi) is 3.94. The molecule has 0 bridgehead atoms. The lowest BCUT2D eigenvalue weighted by Crippen LogP contribution is -2.05. The summed E-state index contributed by atoms with van der Waals surface area (Å²) in [5.74, 6) is 2.55. The van der Waals surface area contributed by atoms with Crippen LogP contribution in [0.2, 0.25) is 0 Å². The van der Waals surface area contributed by atoms with E-state index < -0.39 is 5.97 Å².